The van der Waals surface area contributed by atoms with E-state index in [2.05, 4.69) is 4.98 Å². The van der Waals surface area contributed by atoms with Gasteiger partial charge in [-0.3, -0.25) is 9.78 Å². The average molecular weight is 191 g/mol. The van der Waals surface area contributed by atoms with Crippen molar-refractivity contribution in [2.75, 3.05) is 0 Å². The highest BCUT2D eigenvalue weighted by Crippen LogP contribution is 2.40. The third kappa shape index (κ3) is 1.29. The number of hydrogen-bond donors (Lipinski definition) is 1. The minimum atomic E-state index is -0.728. The fraction of sp³-hybridized carbons (Fsp3) is 0.455. The maximum Gasteiger partial charge on any atom is 0.315 e. The van der Waals surface area contributed by atoms with Gasteiger partial charge in [0.15, 0.2) is 0 Å². The molecule has 1 saturated carbocycles. The molecule has 1 N–H and O–H groups in total. The minimum Gasteiger partial charge on any atom is -0.481 e. The van der Waals surface area contributed by atoms with Crippen LogP contribution in [0.25, 0.3) is 0 Å². The molecule has 2 rings (SSSR count). The van der Waals surface area contributed by atoms with Crippen molar-refractivity contribution in [2.24, 2.45) is 0 Å². The molecule has 1 heterocycles. The number of rotatable bonds is 2. The molecule has 0 bridgehead atoms. The van der Waals surface area contributed by atoms with Gasteiger partial charge in [0, 0.05) is 6.20 Å². The second-order valence-corrected chi connectivity index (χ2v) is 3.81. The van der Waals surface area contributed by atoms with E-state index in [9.17, 15) is 9.90 Å². The van der Waals surface area contributed by atoms with Crippen LogP contribution in [-0.2, 0) is 10.2 Å². The molecular weight excluding hydrogens is 178 g/mol. The lowest BCUT2D eigenvalue weighted by Gasteiger charge is -2.22. The van der Waals surface area contributed by atoms with Crippen LogP contribution in [0.1, 0.15) is 31.4 Å². The summed E-state index contributed by atoms with van der Waals surface area (Å²) in [4.78, 5) is 15.5. The van der Waals surface area contributed by atoms with Gasteiger partial charge in [0.05, 0.1) is 5.69 Å². The van der Waals surface area contributed by atoms with Gasteiger partial charge in [-0.15, -0.1) is 0 Å². The lowest BCUT2D eigenvalue weighted by atomic mass is 9.82. The first kappa shape index (κ1) is 9.19. The predicted molar refractivity (Wildman–Crippen MR) is 52.0 cm³/mol. The second kappa shape index (κ2) is 3.40. The van der Waals surface area contributed by atoms with E-state index >= 15 is 0 Å². The van der Waals surface area contributed by atoms with Crippen LogP contribution in [-0.4, -0.2) is 16.1 Å². The Morgan fingerprint density at radius 2 is 2.07 bits per heavy atom. The highest BCUT2D eigenvalue weighted by Gasteiger charge is 2.43. The number of nitrogens with zero attached hydrogens (tertiary/aromatic N) is 1. The first-order chi connectivity index (χ1) is 6.76. The molecule has 1 fully saturated rings. The SMILES string of the molecule is O=C(O)C1(c2ccccn2)CCCC1. The molecule has 0 radical (unpaired) electrons. The van der Waals surface area contributed by atoms with E-state index in [0.717, 1.165) is 25.7 Å². The summed E-state index contributed by atoms with van der Waals surface area (Å²) >= 11 is 0. The summed E-state index contributed by atoms with van der Waals surface area (Å²) in [5.74, 6) is -0.728. The lowest BCUT2D eigenvalue weighted by molar-refractivity contribution is -0.143. The van der Waals surface area contributed by atoms with Crippen LogP contribution < -0.4 is 0 Å². The largest absolute Gasteiger partial charge is 0.481 e. The van der Waals surface area contributed by atoms with Gasteiger partial charge in [-0.1, -0.05) is 18.9 Å². The summed E-state index contributed by atoms with van der Waals surface area (Å²) in [6.07, 6.45) is 5.09. The molecular formula is C11H13NO2. The quantitative estimate of drug-likeness (QED) is 0.777. The van der Waals surface area contributed by atoms with E-state index in [1.807, 2.05) is 18.2 Å². The highest BCUT2D eigenvalue weighted by molar-refractivity contribution is 5.81. The molecule has 0 unspecified atom stereocenters. The highest BCUT2D eigenvalue weighted by atomic mass is 16.4. The summed E-state index contributed by atoms with van der Waals surface area (Å²) < 4.78 is 0. The molecule has 14 heavy (non-hydrogen) atoms. The molecule has 3 heteroatoms. The number of pyridine rings is 1. The van der Waals surface area contributed by atoms with Gasteiger partial charge in [-0.05, 0) is 25.0 Å². The average Bonchev–Trinajstić information content (AvgIpc) is 2.69. The van der Waals surface area contributed by atoms with E-state index in [4.69, 9.17) is 0 Å². The van der Waals surface area contributed by atoms with Gasteiger partial charge in [0.25, 0.3) is 0 Å². The van der Waals surface area contributed by atoms with E-state index in [1.54, 1.807) is 6.20 Å². The molecule has 1 aliphatic rings. The third-order valence-electron chi connectivity index (χ3n) is 3.02. The van der Waals surface area contributed by atoms with E-state index in [1.165, 1.54) is 0 Å². The van der Waals surface area contributed by atoms with Crippen molar-refractivity contribution >= 4 is 5.97 Å². The predicted octanol–water partition coefficient (Wildman–Crippen LogP) is 1.98. The maximum absolute atomic E-state index is 11.3. The standard InChI is InChI=1S/C11H13NO2/c13-10(14)11(6-2-3-7-11)9-5-1-4-8-12-9/h1,4-5,8H,2-3,6-7H2,(H,13,14). The summed E-state index contributed by atoms with van der Waals surface area (Å²) in [7, 11) is 0. The molecule has 0 saturated heterocycles. The molecule has 3 nitrogen and oxygen atoms in total. The topological polar surface area (TPSA) is 50.2 Å². The fourth-order valence-electron chi connectivity index (χ4n) is 2.20. The summed E-state index contributed by atoms with van der Waals surface area (Å²) in [6, 6.07) is 5.48. The summed E-state index contributed by atoms with van der Waals surface area (Å²) in [5, 5.41) is 9.28. The van der Waals surface area contributed by atoms with Gasteiger partial charge >= 0.3 is 5.97 Å². The Hall–Kier alpha value is -1.38. The number of aromatic nitrogens is 1. The van der Waals surface area contributed by atoms with Crippen LogP contribution in [0.15, 0.2) is 24.4 Å². The van der Waals surface area contributed by atoms with E-state index in [0.29, 0.717) is 5.69 Å². The van der Waals surface area contributed by atoms with Crippen LogP contribution >= 0.6 is 0 Å². The number of aliphatic carboxylic acids is 1. The van der Waals surface area contributed by atoms with Crippen LogP contribution in [0, 0.1) is 0 Å². The van der Waals surface area contributed by atoms with Crippen molar-refractivity contribution in [3.63, 3.8) is 0 Å². The molecule has 1 aromatic heterocycles. The molecule has 0 aliphatic heterocycles. The van der Waals surface area contributed by atoms with E-state index < -0.39 is 11.4 Å². The van der Waals surface area contributed by atoms with Crippen molar-refractivity contribution in [3.05, 3.63) is 30.1 Å². The van der Waals surface area contributed by atoms with Gasteiger partial charge < -0.3 is 5.11 Å². The van der Waals surface area contributed by atoms with Crippen molar-refractivity contribution in [2.45, 2.75) is 31.1 Å². The van der Waals surface area contributed by atoms with Gasteiger partial charge in [0.1, 0.15) is 5.41 Å². The maximum atomic E-state index is 11.3. The fourth-order valence-corrected chi connectivity index (χ4v) is 2.20. The second-order valence-electron chi connectivity index (χ2n) is 3.81. The molecule has 74 valence electrons. The molecule has 0 spiro atoms. The molecule has 0 aromatic carbocycles. The van der Waals surface area contributed by atoms with Crippen molar-refractivity contribution < 1.29 is 9.90 Å². The normalized spacial score (nSPS) is 19.4. The summed E-state index contributed by atoms with van der Waals surface area (Å²) in [5.41, 5.74) is 0.00588. The molecule has 1 aliphatic carbocycles. The molecule has 0 amide bonds. The Kier molecular flexibility index (Phi) is 2.23. The van der Waals surface area contributed by atoms with Crippen LogP contribution in [0.3, 0.4) is 0 Å². The number of carboxylic acid groups (broad SMARTS) is 1. The Labute approximate surface area is 82.8 Å². The first-order valence-corrected chi connectivity index (χ1v) is 4.91. The molecule has 0 atom stereocenters. The van der Waals surface area contributed by atoms with Crippen molar-refractivity contribution in [1.82, 2.24) is 4.98 Å². The van der Waals surface area contributed by atoms with Crippen LogP contribution in [0.5, 0.6) is 0 Å². The minimum absolute atomic E-state index is 0.707. The third-order valence-corrected chi connectivity index (χ3v) is 3.02. The number of carboxylic acids is 1. The zero-order chi connectivity index (χ0) is 10.0. The first-order valence-electron chi connectivity index (χ1n) is 4.91. The molecule has 1 aromatic rings. The Morgan fingerprint density at radius 1 is 1.36 bits per heavy atom. The lowest BCUT2D eigenvalue weighted by Crippen LogP contribution is -2.33. The zero-order valence-corrected chi connectivity index (χ0v) is 7.94. The Morgan fingerprint density at radius 3 is 2.57 bits per heavy atom. The zero-order valence-electron chi connectivity index (χ0n) is 7.94. The summed E-state index contributed by atoms with van der Waals surface area (Å²) in [6.45, 7) is 0. The Balaban J connectivity index is 2.42. The van der Waals surface area contributed by atoms with Gasteiger partial charge in [-0.2, -0.15) is 0 Å². The van der Waals surface area contributed by atoms with Crippen molar-refractivity contribution in [3.8, 4) is 0 Å². The van der Waals surface area contributed by atoms with Gasteiger partial charge in [-0.25, -0.2) is 0 Å². The van der Waals surface area contributed by atoms with Gasteiger partial charge in [0.2, 0.25) is 0 Å². The Bertz CT molecular complexity index is 328. The number of carbonyl (C=O) groups is 1. The van der Waals surface area contributed by atoms with Crippen LogP contribution in [0.2, 0.25) is 0 Å². The van der Waals surface area contributed by atoms with E-state index in [-0.39, 0.29) is 0 Å². The number of hydrogen-bond acceptors (Lipinski definition) is 2. The van der Waals surface area contributed by atoms with Crippen LogP contribution in [0.4, 0.5) is 0 Å². The monoisotopic (exact) mass is 191 g/mol. The van der Waals surface area contributed by atoms with Crippen molar-refractivity contribution in [1.29, 1.82) is 0 Å². The smallest absolute Gasteiger partial charge is 0.315 e.